The molecule has 0 spiro atoms. The Balaban J connectivity index is 1.45. The van der Waals surface area contributed by atoms with Gasteiger partial charge in [-0.15, -0.1) is 0 Å². The Bertz CT molecular complexity index is 1600. The lowest BCUT2D eigenvalue weighted by Crippen LogP contribution is -2.44. The summed E-state index contributed by atoms with van der Waals surface area (Å²) >= 11 is 10.3. The minimum absolute atomic E-state index is 0.116. The van der Waals surface area contributed by atoms with E-state index in [9.17, 15) is 9.59 Å². The molecule has 3 aromatic rings. The summed E-state index contributed by atoms with van der Waals surface area (Å²) in [5, 5.41) is 0.470. The standard InChI is InChI=1S/C37H37BrClNO3/c1-36(2)17-28-34(30(41)19-36)33(25-12-15-32(27(39)16-25)43-22-24-10-13-26(38)14-11-24)35-29(18-37(3,4)20-31(35)42)40(28)21-23-8-6-5-7-9-23/h5-16,33H,17-22H2,1-4H3. The van der Waals surface area contributed by atoms with E-state index in [1.165, 1.54) is 0 Å². The minimum Gasteiger partial charge on any atom is -0.487 e. The monoisotopic (exact) mass is 657 g/mol. The molecule has 3 aromatic carbocycles. The molecule has 43 heavy (non-hydrogen) atoms. The van der Waals surface area contributed by atoms with Crippen LogP contribution in [0.4, 0.5) is 0 Å². The highest BCUT2D eigenvalue weighted by molar-refractivity contribution is 9.10. The van der Waals surface area contributed by atoms with Crippen molar-refractivity contribution in [3.63, 3.8) is 0 Å². The second-order valence-corrected chi connectivity index (χ2v) is 15.0. The van der Waals surface area contributed by atoms with Crippen LogP contribution in [0, 0.1) is 10.8 Å². The fraction of sp³-hybridized carbons (Fsp3) is 0.351. The molecule has 3 aliphatic rings. The summed E-state index contributed by atoms with van der Waals surface area (Å²) in [5.41, 5.74) is 6.29. The molecule has 0 bridgehead atoms. The van der Waals surface area contributed by atoms with E-state index in [1.54, 1.807) is 0 Å². The summed E-state index contributed by atoms with van der Waals surface area (Å²) in [6.07, 6.45) is 2.44. The van der Waals surface area contributed by atoms with Crippen molar-refractivity contribution in [3.8, 4) is 5.75 Å². The highest BCUT2D eigenvalue weighted by Gasteiger charge is 2.49. The summed E-state index contributed by atoms with van der Waals surface area (Å²) in [4.78, 5) is 30.5. The third-order valence-corrected chi connectivity index (χ3v) is 9.63. The first kappa shape index (κ1) is 29.9. The number of hydrogen-bond acceptors (Lipinski definition) is 4. The lowest BCUT2D eigenvalue weighted by molar-refractivity contribution is -0.119. The number of carbonyl (C=O) groups is 2. The van der Waals surface area contributed by atoms with Crippen LogP contribution in [0.5, 0.6) is 5.75 Å². The van der Waals surface area contributed by atoms with Gasteiger partial charge in [0.25, 0.3) is 0 Å². The van der Waals surface area contributed by atoms with Gasteiger partial charge >= 0.3 is 0 Å². The summed E-state index contributed by atoms with van der Waals surface area (Å²) in [7, 11) is 0. The zero-order chi connectivity index (χ0) is 30.5. The van der Waals surface area contributed by atoms with Crippen molar-refractivity contribution in [2.24, 2.45) is 10.8 Å². The maximum absolute atomic E-state index is 14.1. The number of rotatable bonds is 6. The van der Waals surface area contributed by atoms with Gasteiger partial charge in [-0.05, 0) is 64.6 Å². The third-order valence-electron chi connectivity index (χ3n) is 8.80. The summed E-state index contributed by atoms with van der Waals surface area (Å²) in [6.45, 7) is 9.67. The summed E-state index contributed by atoms with van der Waals surface area (Å²) in [5.74, 6) is 0.364. The fourth-order valence-electron chi connectivity index (χ4n) is 6.89. The molecule has 0 unspecified atom stereocenters. The van der Waals surface area contributed by atoms with E-state index < -0.39 is 5.92 Å². The Hall–Kier alpha value is -3.15. The molecule has 222 valence electrons. The molecular formula is C37H37BrClNO3. The number of nitrogens with zero attached hydrogens (tertiary/aromatic N) is 1. The van der Waals surface area contributed by atoms with Crippen LogP contribution in [0.1, 0.15) is 76.0 Å². The zero-order valence-corrected chi connectivity index (χ0v) is 27.5. The molecule has 0 amide bonds. The average molecular weight is 659 g/mol. The van der Waals surface area contributed by atoms with E-state index >= 15 is 0 Å². The number of hydrogen-bond donors (Lipinski definition) is 0. The molecule has 0 N–H and O–H groups in total. The lowest BCUT2D eigenvalue weighted by Gasteiger charge is -2.49. The predicted octanol–water partition coefficient (Wildman–Crippen LogP) is 9.57. The number of halogens is 2. The number of benzene rings is 3. The van der Waals surface area contributed by atoms with Gasteiger partial charge in [0.05, 0.1) is 5.02 Å². The first-order valence-corrected chi connectivity index (χ1v) is 16.1. The highest BCUT2D eigenvalue weighted by Crippen LogP contribution is 2.55. The van der Waals surface area contributed by atoms with Gasteiger partial charge in [-0.3, -0.25) is 9.59 Å². The maximum atomic E-state index is 14.1. The maximum Gasteiger partial charge on any atom is 0.162 e. The van der Waals surface area contributed by atoms with Crippen molar-refractivity contribution in [1.82, 2.24) is 4.90 Å². The molecule has 1 aliphatic heterocycles. The molecule has 1 heterocycles. The van der Waals surface area contributed by atoms with E-state index in [0.717, 1.165) is 56.5 Å². The van der Waals surface area contributed by atoms with Crippen molar-refractivity contribution >= 4 is 39.1 Å². The van der Waals surface area contributed by atoms with Crippen molar-refractivity contribution < 1.29 is 14.3 Å². The molecule has 0 aromatic heterocycles. The van der Waals surface area contributed by atoms with Gasteiger partial charge in [0.1, 0.15) is 12.4 Å². The fourth-order valence-corrected chi connectivity index (χ4v) is 7.40. The molecular weight excluding hydrogens is 622 g/mol. The molecule has 0 radical (unpaired) electrons. The van der Waals surface area contributed by atoms with Gasteiger partial charge < -0.3 is 9.64 Å². The van der Waals surface area contributed by atoms with Gasteiger partial charge in [0, 0.05) is 52.3 Å². The van der Waals surface area contributed by atoms with Crippen molar-refractivity contribution in [1.29, 1.82) is 0 Å². The van der Waals surface area contributed by atoms with Crippen molar-refractivity contribution in [3.05, 3.63) is 122 Å². The molecule has 6 heteroatoms. The zero-order valence-electron chi connectivity index (χ0n) is 25.2. The molecule has 0 fully saturated rings. The van der Waals surface area contributed by atoms with E-state index in [2.05, 4.69) is 60.7 Å². The topological polar surface area (TPSA) is 46.6 Å². The molecule has 0 saturated carbocycles. The summed E-state index contributed by atoms with van der Waals surface area (Å²) in [6, 6.07) is 24.1. The molecule has 0 atom stereocenters. The number of ether oxygens (including phenoxy) is 1. The van der Waals surface area contributed by atoms with Crippen LogP contribution >= 0.6 is 27.5 Å². The Labute approximate surface area is 267 Å². The third kappa shape index (κ3) is 6.12. The number of ketones is 2. The largest absolute Gasteiger partial charge is 0.487 e. The number of carbonyl (C=O) groups excluding carboxylic acids is 2. The van der Waals surface area contributed by atoms with Gasteiger partial charge in [0.15, 0.2) is 11.6 Å². The van der Waals surface area contributed by atoms with Gasteiger partial charge in [-0.25, -0.2) is 0 Å². The van der Waals surface area contributed by atoms with Crippen LogP contribution in [-0.4, -0.2) is 16.5 Å². The summed E-state index contributed by atoms with van der Waals surface area (Å²) < 4.78 is 7.10. The van der Waals surface area contributed by atoms with Crippen molar-refractivity contribution in [2.75, 3.05) is 0 Å². The normalized spacial score (nSPS) is 19.8. The van der Waals surface area contributed by atoms with E-state index in [1.807, 2.05) is 60.7 Å². The quantitative estimate of drug-likeness (QED) is 0.265. The first-order valence-electron chi connectivity index (χ1n) is 14.9. The van der Waals surface area contributed by atoms with Crippen LogP contribution in [0.2, 0.25) is 5.02 Å². The smallest absolute Gasteiger partial charge is 0.162 e. The molecule has 2 aliphatic carbocycles. The minimum atomic E-state index is -0.442. The van der Waals surface area contributed by atoms with Gasteiger partial charge in [-0.2, -0.15) is 0 Å². The Morgan fingerprint density at radius 3 is 1.93 bits per heavy atom. The first-order chi connectivity index (χ1) is 20.4. The van der Waals surface area contributed by atoms with Crippen LogP contribution in [0.15, 0.2) is 99.8 Å². The Morgan fingerprint density at radius 1 is 0.791 bits per heavy atom. The van der Waals surface area contributed by atoms with Crippen molar-refractivity contribution in [2.45, 2.75) is 72.4 Å². The van der Waals surface area contributed by atoms with E-state index in [4.69, 9.17) is 16.3 Å². The SMILES string of the molecule is CC1(C)CC(=O)C2=C(C1)N(Cc1ccccc1)C1=C(C(=O)CC(C)(C)C1)C2c1ccc(OCc2ccc(Br)cc2)c(Cl)c1. The second kappa shape index (κ2) is 11.4. The lowest BCUT2D eigenvalue weighted by atomic mass is 9.63. The molecule has 4 nitrogen and oxygen atoms in total. The Kier molecular flexibility index (Phi) is 7.93. The van der Waals surface area contributed by atoms with Crippen LogP contribution in [-0.2, 0) is 22.7 Å². The number of Topliss-reactive ketones (excluding diaryl/α,β-unsaturated/α-hetero) is 2. The number of allylic oxidation sites excluding steroid dienone is 4. The predicted molar refractivity (Wildman–Crippen MR) is 175 cm³/mol. The van der Waals surface area contributed by atoms with Crippen LogP contribution < -0.4 is 4.74 Å². The van der Waals surface area contributed by atoms with Gasteiger partial charge in [-0.1, -0.05) is 104 Å². The molecule has 0 saturated heterocycles. The van der Waals surface area contributed by atoms with Crippen LogP contribution in [0.3, 0.4) is 0 Å². The highest BCUT2D eigenvalue weighted by atomic mass is 79.9. The van der Waals surface area contributed by atoms with Crippen LogP contribution in [0.25, 0.3) is 0 Å². The van der Waals surface area contributed by atoms with Gasteiger partial charge in [0.2, 0.25) is 0 Å². The average Bonchev–Trinajstić information content (AvgIpc) is 2.93. The Morgan fingerprint density at radius 2 is 1.37 bits per heavy atom. The second-order valence-electron chi connectivity index (χ2n) is 13.7. The van der Waals surface area contributed by atoms with E-state index in [0.29, 0.717) is 36.8 Å². The van der Waals surface area contributed by atoms with E-state index in [-0.39, 0.29) is 22.4 Å². The molecule has 6 rings (SSSR count).